The molecule has 2 rings (SSSR count). The van der Waals surface area contributed by atoms with Gasteiger partial charge in [-0.2, -0.15) is 5.26 Å². The molecule has 0 fully saturated rings. The van der Waals surface area contributed by atoms with Gasteiger partial charge in [0.1, 0.15) is 17.5 Å². The molecule has 0 atom stereocenters. The maximum Gasteiger partial charge on any atom is 0.189 e. The lowest BCUT2D eigenvalue weighted by Crippen LogP contribution is -2.07. The molecular formula is C15H15ClN4S. The van der Waals surface area contributed by atoms with Crippen LogP contribution in [0.15, 0.2) is 29.4 Å². The molecule has 0 unspecified atom stereocenters. The van der Waals surface area contributed by atoms with Crippen LogP contribution in [-0.4, -0.2) is 22.8 Å². The summed E-state index contributed by atoms with van der Waals surface area (Å²) in [5, 5.41) is 14.0. The quantitative estimate of drug-likeness (QED) is 0.661. The highest BCUT2D eigenvalue weighted by Gasteiger charge is 2.15. The van der Waals surface area contributed by atoms with Gasteiger partial charge in [-0.1, -0.05) is 42.4 Å². The average molecular weight is 319 g/mol. The minimum Gasteiger partial charge on any atom is -0.369 e. The number of nitriles is 1. The van der Waals surface area contributed by atoms with Crippen LogP contribution in [0.5, 0.6) is 0 Å². The van der Waals surface area contributed by atoms with Gasteiger partial charge in [0.05, 0.1) is 5.69 Å². The number of benzene rings is 1. The highest BCUT2D eigenvalue weighted by atomic mass is 35.5. The molecule has 0 radical (unpaired) electrons. The van der Waals surface area contributed by atoms with Gasteiger partial charge in [-0.25, -0.2) is 9.97 Å². The van der Waals surface area contributed by atoms with E-state index in [0.29, 0.717) is 27.3 Å². The summed E-state index contributed by atoms with van der Waals surface area (Å²) in [6.07, 6.45) is 2.87. The molecule has 1 aromatic heterocycles. The number of nitrogens with one attached hydrogen (secondary N) is 1. The number of rotatable bonds is 5. The Hall–Kier alpha value is -1.77. The van der Waals surface area contributed by atoms with Gasteiger partial charge in [-0.05, 0) is 24.8 Å². The van der Waals surface area contributed by atoms with E-state index in [2.05, 4.69) is 28.3 Å². The van der Waals surface area contributed by atoms with E-state index in [1.165, 1.54) is 11.8 Å². The highest BCUT2D eigenvalue weighted by molar-refractivity contribution is 7.98. The predicted molar refractivity (Wildman–Crippen MR) is 87.8 cm³/mol. The zero-order valence-electron chi connectivity index (χ0n) is 11.9. The maximum atomic E-state index is 9.48. The fourth-order valence-electron chi connectivity index (χ4n) is 1.83. The summed E-state index contributed by atoms with van der Waals surface area (Å²) in [5.74, 6) is 0.587. The number of hydrogen-bond donors (Lipinski definition) is 1. The average Bonchev–Trinajstić information content (AvgIpc) is 2.52. The summed E-state index contributed by atoms with van der Waals surface area (Å²) in [7, 11) is 0. The van der Waals surface area contributed by atoms with Crippen molar-refractivity contribution >= 4 is 29.2 Å². The SMILES string of the molecule is CCCNc1nc(SC)nc(-c2ccc(Cl)cc2)c1C#N. The van der Waals surface area contributed by atoms with E-state index in [9.17, 15) is 5.26 Å². The van der Waals surface area contributed by atoms with Crippen molar-refractivity contribution in [1.82, 2.24) is 9.97 Å². The first kappa shape index (κ1) is 15.6. The van der Waals surface area contributed by atoms with Crippen LogP contribution in [0.2, 0.25) is 5.02 Å². The van der Waals surface area contributed by atoms with E-state index in [1.54, 1.807) is 12.1 Å². The Morgan fingerprint density at radius 1 is 1.29 bits per heavy atom. The highest BCUT2D eigenvalue weighted by Crippen LogP contribution is 2.29. The lowest BCUT2D eigenvalue weighted by molar-refractivity contribution is 0.925. The van der Waals surface area contributed by atoms with Gasteiger partial charge in [0, 0.05) is 17.1 Å². The molecule has 4 nitrogen and oxygen atoms in total. The third kappa shape index (κ3) is 3.66. The van der Waals surface area contributed by atoms with Crippen LogP contribution in [0.4, 0.5) is 5.82 Å². The fourth-order valence-corrected chi connectivity index (χ4v) is 2.32. The Labute approximate surface area is 133 Å². The van der Waals surface area contributed by atoms with Gasteiger partial charge in [-0.15, -0.1) is 0 Å². The van der Waals surface area contributed by atoms with Gasteiger partial charge < -0.3 is 5.32 Å². The van der Waals surface area contributed by atoms with Crippen LogP contribution in [0.1, 0.15) is 18.9 Å². The molecule has 0 spiro atoms. The van der Waals surface area contributed by atoms with Crippen molar-refractivity contribution in [2.24, 2.45) is 0 Å². The standard InChI is InChI=1S/C15H15ClN4S/c1-3-8-18-14-12(9-17)13(19-15(20-14)21-2)10-4-6-11(16)7-5-10/h4-7H,3,8H2,1-2H3,(H,18,19,20). The first-order valence-corrected chi connectivity index (χ1v) is 8.15. The van der Waals surface area contributed by atoms with E-state index in [4.69, 9.17) is 11.6 Å². The van der Waals surface area contributed by atoms with Gasteiger partial charge in [-0.3, -0.25) is 0 Å². The van der Waals surface area contributed by atoms with Crippen LogP contribution in [-0.2, 0) is 0 Å². The van der Waals surface area contributed by atoms with Crippen molar-refractivity contribution in [2.75, 3.05) is 18.1 Å². The number of halogens is 1. The van der Waals surface area contributed by atoms with Crippen LogP contribution in [0.3, 0.4) is 0 Å². The number of thioether (sulfide) groups is 1. The molecule has 6 heteroatoms. The largest absolute Gasteiger partial charge is 0.369 e. The zero-order chi connectivity index (χ0) is 15.2. The first-order valence-electron chi connectivity index (χ1n) is 6.55. The molecule has 0 saturated carbocycles. The molecule has 0 aliphatic rings. The van der Waals surface area contributed by atoms with Crippen molar-refractivity contribution < 1.29 is 0 Å². The number of hydrogen-bond acceptors (Lipinski definition) is 5. The molecule has 0 amide bonds. The third-order valence-corrected chi connectivity index (χ3v) is 3.64. The Morgan fingerprint density at radius 3 is 2.57 bits per heavy atom. The summed E-state index contributed by atoms with van der Waals surface area (Å²) in [4.78, 5) is 8.87. The van der Waals surface area contributed by atoms with Crippen molar-refractivity contribution in [3.63, 3.8) is 0 Å². The minimum atomic E-state index is 0.462. The van der Waals surface area contributed by atoms with Crippen LogP contribution >= 0.6 is 23.4 Å². The van der Waals surface area contributed by atoms with Crippen LogP contribution in [0, 0.1) is 11.3 Å². The van der Waals surface area contributed by atoms with E-state index in [0.717, 1.165) is 18.5 Å². The number of nitrogens with zero attached hydrogens (tertiary/aromatic N) is 3. The van der Waals surface area contributed by atoms with E-state index in [1.807, 2.05) is 18.4 Å². The third-order valence-electron chi connectivity index (χ3n) is 2.84. The number of anilines is 1. The summed E-state index contributed by atoms with van der Waals surface area (Å²) < 4.78 is 0. The van der Waals surface area contributed by atoms with E-state index >= 15 is 0 Å². The second kappa shape index (κ2) is 7.30. The van der Waals surface area contributed by atoms with Crippen LogP contribution < -0.4 is 5.32 Å². The van der Waals surface area contributed by atoms with Crippen LogP contribution in [0.25, 0.3) is 11.3 Å². The molecule has 0 bridgehead atoms. The zero-order valence-corrected chi connectivity index (χ0v) is 13.4. The summed E-state index contributed by atoms with van der Waals surface area (Å²) in [5.41, 5.74) is 1.95. The molecular weight excluding hydrogens is 304 g/mol. The number of aromatic nitrogens is 2. The molecule has 1 N–H and O–H groups in total. The van der Waals surface area contributed by atoms with Crippen molar-refractivity contribution in [1.29, 1.82) is 5.26 Å². The Morgan fingerprint density at radius 2 is 2.00 bits per heavy atom. The smallest absolute Gasteiger partial charge is 0.189 e. The van der Waals surface area contributed by atoms with Crippen molar-refractivity contribution in [3.05, 3.63) is 34.9 Å². The minimum absolute atomic E-state index is 0.462. The molecule has 21 heavy (non-hydrogen) atoms. The molecule has 108 valence electrons. The Bertz CT molecular complexity index is 665. The van der Waals surface area contributed by atoms with Gasteiger partial charge in [0.15, 0.2) is 5.16 Å². The van der Waals surface area contributed by atoms with Gasteiger partial charge in [0.2, 0.25) is 0 Å². The molecule has 1 aromatic carbocycles. The Balaban J connectivity index is 2.57. The molecule has 2 aromatic rings. The van der Waals surface area contributed by atoms with E-state index < -0.39 is 0 Å². The van der Waals surface area contributed by atoms with Crippen molar-refractivity contribution in [3.8, 4) is 17.3 Å². The predicted octanol–water partition coefficient (Wildman–Crippen LogP) is 4.21. The monoisotopic (exact) mass is 318 g/mol. The van der Waals surface area contributed by atoms with Gasteiger partial charge in [0.25, 0.3) is 0 Å². The van der Waals surface area contributed by atoms with Crippen molar-refractivity contribution in [2.45, 2.75) is 18.5 Å². The normalized spacial score (nSPS) is 10.2. The summed E-state index contributed by atoms with van der Waals surface area (Å²) in [6, 6.07) is 9.51. The molecule has 1 heterocycles. The summed E-state index contributed by atoms with van der Waals surface area (Å²) >= 11 is 7.37. The van der Waals surface area contributed by atoms with E-state index in [-0.39, 0.29) is 0 Å². The lowest BCUT2D eigenvalue weighted by Gasteiger charge is -2.11. The molecule has 0 saturated heterocycles. The first-order chi connectivity index (χ1) is 10.2. The fraction of sp³-hybridized carbons (Fsp3) is 0.267. The maximum absolute atomic E-state index is 9.48. The summed E-state index contributed by atoms with van der Waals surface area (Å²) in [6.45, 7) is 2.83. The molecule has 0 aliphatic heterocycles. The van der Waals surface area contributed by atoms with Gasteiger partial charge >= 0.3 is 0 Å². The molecule has 0 aliphatic carbocycles. The second-order valence-corrected chi connectivity index (χ2v) is 5.54. The second-order valence-electron chi connectivity index (χ2n) is 4.33. The lowest BCUT2D eigenvalue weighted by atomic mass is 10.1. The topological polar surface area (TPSA) is 61.6 Å². The Kier molecular flexibility index (Phi) is 5.43.